The van der Waals surface area contributed by atoms with Gasteiger partial charge < -0.3 is 47.8 Å². The number of hydrogen-bond donors (Lipinski definition) is 1. The summed E-state index contributed by atoms with van der Waals surface area (Å²) >= 11 is 0. The van der Waals surface area contributed by atoms with E-state index in [1.54, 1.807) is 119 Å². The Morgan fingerprint density at radius 3 is 1.01 bits per heavy atom. The predicted octanol–water partition coefficient (Wildman–Crippen LogP) is 11.2. The van der Waals surface area contributed by atoms with E-state index in [-0.39, 0.29) is 86.7 Å². The van der Waals surface area contributed by atoms with Gasteiger partial charge in [0.05, 0.1) is 43.9 Å². The summed E-state index contributed by atoms with van der Waals surface area (Å²) in [4.78, 5) is 131. The number of hydrogen-bond acceptors (Lipinski definition) is 19. The molecule has 0 aliphatic carbocycles. The molecule has 6 aromatic carbocycles. The first-order valence-electron chi connectivity index (χ1n) is 27.5. The first-order valence-corrected chi connectivity index (χ1v) is 27.5. The number of carbonyl (C=O) groups excluding carboxylic acids is 9. The quantitative estimate of drug-likeness (QED) is 0.0883. The molecule has 0 aromatic heterocycles. The molecule has 2 amide bonds. The lowest BCUT2D eigenvalue weighted by atomic mass is 9.77. The minimum atomic E-state index is -1.68. The Morgan fingerprint density at radius 2 is 0.713 bits per heavy atom. The lowest BCUT2D eigenvalue weighted by molar-refractivity contribution is -0.172. The van der Waals surface area contributed by atoms with Crippen LogP contribution < -0.4 is 28.4 Å². The van der Waals surface area contributed by atoms with Gasteiger partial charge in [-0.05, 0) is 168 Å². The Bertz CT molecular complexity index is 3860. The topological polar surface area (TPSA) is 277 Å². The minimum Gasteiger partial charge on any atom is -0.478 e. The highest BCUT2D eigenvalue weighted by Crippen LogP contribution is 2.59. The van der Waals surface area contributed by atoms with Crippen molar-refractivity contribution in [3.8, 4) is 46.0 Å². The van der Waals surface area contributed by atoms with E-state index in [1.807, 2.05) is 0 Å². The molecule has 5 aliphatic heterocycles. The first-order chi connectivity index (χ1) is 40.6. The molecule has 1 N–H and O–H groups in total. The van der Waals surface area contributed by atoms with E-state index in [1.165, 1.54) is 72.8 Å². The van der Waals surface area contributed by atoms with Crippen LogP contribution in [0, 0.1) is 21.7 Å². The van der Waals surface area contributed by atoms with Crippen molar-refractivity contribution < 1.29 is 95.8 Å². The largest absolute Gasteiger partial charge is 0.478 e. The second kappa shape index (κ2) is 21.1. The first kappa shape index (κ1) is 60.0. The van der Waals surface area contributed by atoms with Gasteiger partial charge in [-0.25, -0.2) is 19.2 Å². The number of amides is 2. The Labute approximate surface area is 498 Å². The number of hydroxylamine groups is 2. The molecular weight excluding hydrogens is 1130 g/mol. The highest BCUT2D eigenvalue weighted by atomic mass is 16.7. The zero-order valence-electron chi connectivity index (χ0n) is 49.5. The van der Waals surface area contributed by atoms with Crippen molar-refractivity contribution in [3.63, 3.8) is 0 Å². The van der Waals surface area contributed by atoms with Crippen LogP contribution in [-0.4, -0.2) is 69.7 Å². The van der Waals surface area contributed by atoms with Crippen LogP contribution in [0.15, 0.2) is 109 Å². The summed E-state index contributed by atoms with van der Waals surface area (Å²) in [6.07, 6.45) is -0.148. The van der Waals surface area contributed by atoms with E-state index < -0.39 is 92.4 Å². The molecule has 2 spiro atoms. The molecule has 0 saturated carbocycles. The molecular formula is C66H59NO20. The number of carboxylic acid groups (broad SMARTS) is 1. The number of nitrogens with zero attached hydrogens (tertiary/aromatic N) is 1. The Hall–Kier alpha value is -10.2. The minimum absolute atomic E-state index is 0.0301. The van der Waals surface area contributed by atoms with E-state index in [0.717, 1.165) is 0 Å². The Kier molecular flexibility index (Phi) is 14.5. The number of fused-ring (bicyclic) bond motifs is 12. The number of carbonyl (C=O) groups is 10. The summed E-state index contributed by atoms with van der Waals surface area (Å²) in [6, 6.07) is 26.9. The van der Waals surface area contributed by atoms with E-state index in [9.17, 15) is 53.1 Å². The number of imide groups is 1. The number of esters is 6. The van der Waals surface area contributed by atoms with Gasteiger partial charge in [0, 0.05) is 70.5 Å². The molecule has 0 radical (unpaired) electrons. The number of carboxylic acids is 1. The van der Waals surface area contributed by atoms with Gasteiger partial charge in [0.2, 0.25) is 0 Å². The van der Waals surface area contributed by atoms with E-state index in [4.69, 9.17) is 42.7 Å². The fraction of sp³-hybridized carbons (Fsp3) is 0.303. The Morgan fingerprint density at radius 1 is 0.414 bits per heavy atom. The molecule has 6 aromatic rings. The zero-order chi connectivity index (χ0) is 63.2. The lowest BCUT2D eigenvalue weighted by Gasteiger charge is -2.36. The van der Waals surface area contributed by atoms with Crippen molar-refractivity contribution in [2.75, 3.05) is 0 Å². The molecule has 0 bridgehead atoms. The molecule has 0 unspecified atom stereocenters. The average molecular weight is 1190 g/mol. The Balaban J connectivity index is 0.000000195. The standard InChI is InChI=1S/C35H31NO11.C31H28O9/c1-33(2,3)31(41)43-19-8-11-22-25(16-19)45-26-17-20(44-32(42)34(4,5)6)9-12-23(26)35(22)24-15-18(7-10-21(24)30(40)46-35)29(39)47-36-27(37)13-14-28(36)38;1-29(2,3)27(35)37-17-8-11-20-23(14-17)39-24-15-18(38-28(36)30(4,5)6)9-12-21(24)31(20)22-13-16(25(32)33)7-10-19(22)26(34)40-31/h7-12,15-17H,13-14H2,1-6H3;7-15H,1-6H3,(H,32,33). The highest BCUT2D eigenvalue weighted by molar-refractivity contribution is 6.04. The maximum Gasteiger partial charge on any atom is 0.363 e. The van der Waals surface area contributed by atoms with Gasteiger partial charge in [-0.2, -0.15) is 0 Å². The molecule has 0 atom stereocenters. The fourth-order valence-electron chi connectivity index (χ4n) is 9.71. The van der Waals surface area contributed by atoms with Crippen molar-refractivity contribution in [3.05, 3.63) is 165 Å². The maximum absolute atomic E-state index is 13.4. The lowest BCUT2D eigenvalue weighted by Crippen LogP contribution is -2.34. The molecule has 448 valence electrons. The van der Waals surface area contributed by atoms with Gasteiger partial charge in [0.15, 0.2) is 11.2 Å². The van der Waals surface area contributed by atoms with Gasteiger partial charge in [-0.15, -0.1) is 5.06 Å². The van der Waals surface area contributed by atoms with Crippen LogP contribution in [0.4, 0.5) is 0 Å². The van der Waals surface area contributed by atoms with Crippen LogP contribution in [0.1, 0.15) is 171 Å². The monoisotopic (exact) mass is 1190 g/mol. The molecule has 21 heteroatoms. The summed E-state index contributed by atoms with van der Waals surface area (Å²) in [6.45, 7) is 20.6. The third-order valence-corrected chi connectivity index (χ3v) is 14.5. The second-order valence-electron chi connectivity index (χ2n) is 25.3. The third kappa shape index (κ3) is 10.9. The van der Waals surface area contributed by atoms with Crippen LogP contribution in [0.3, 0.4) is 0 Å². The highest BCUT2D eigenvalue weighted by Gasteiger charge is 2.56. The van der Waals surface area contributed by atoms with Crippen molar-refractivity contribution in [2.45, 2.75) is 107 Å². The van der Waals surface area contributed by atoms with Gasteiger partial charge >= 0.3 is 47.8 Å². The second-order valence-corrected chi connectivity index (χ2v) is 25.3. The summed E-state index contributed by atoms with van der Waals surface area (Å²) in [7, 11) is 0. The van der Waals surface area contributed by atoms with Crippen LogP contribution in [-0.2, 0) is 54.3 Å². The predicted molar refractivity (Wildman–Crippen MR) is 303 cm³/mol. The maximum atomic E-state index is 13.4. The van der Waals surface area contributed by atoms with Gasteiger partial charge in [-0.3, -0.25) is 28.8 Å². The van der Waals surface area contributed by atoms with Gasteiger partial charge in [-0.1, -0.05) is 0 Å². The molecule has 21 nitrogen and oxygen atoms in total. The molecule has 87 heavy (non-hydrogen) atoms. The van der Waals surface area contributed by atoms with Gasteiger partial charge in [0.25, 0.3) is 11.8 Å². The summed E-state index contributed by atoms with van der Waals surface area (Å²) in [5.74, 6) is -5.18. The van der Waals surface area contributed by atoms with Crippen molar-refractivity contribution in [1.82, 2.24) is 5.06 Å². The van der Waals surface area contributed by atoms with Crippen molar-refractivity contribution in [2.24, 2.45) is 21.7 Å². The van der Waals surface area contributed by atoms with Crippen molar-refractivity contribution in [1.29, 1.82) is 0 Å². The van der Waals surface area contributed by atoms with Crippen LogP contribution >= 0.6 is 0 Å². The zero-order valence-corrected chi connectivity index (χ0v) is 49.5. The number of ether oxygens (including phenoxy) is 8. The third-order valence-electron chi connectivity index (χ3n) is 14.5. The average Bonchev–Trinajstić information content (AvgIpc) is 1.67. The van der Waals surface area contributed by atoms with Crippen LogP contribution in [0.25, 0.3) is 0 Å². The molecule has 5 heterocycles. The van der Waals surface area contributed by atoms with Gasteiger partial charge in [0.1, 0.15) is 46.0 Å². The van der Waals surface area contributed by atoms with Crippen molar-refractivity contribution >= 4 is 59.6 Å². The fourth-order valence-corrected chi connectivity index (χ4v) is 9.71. The SMILES string of the molecule is CC(C)(C)C(=O)Oc1ccc2c(c1)Oc1cc(OC(=O)C(C)(C)C)ccc1C21OC(=O)c2ccc(C(=O)O)cc21.CC(C)(C)C(=O)Oc1ccc2c(c1)Oc1cc(OC(=O)C(C)(C)C)ccc1C21OC(=O)c2ccc(C(=O)ON3C(=O)CCC3=O)cc21. The van der Waals surface area contributed by atoms with Crippen LogP contribution in [0.2, 0.25) is 0 Å². The van der Waals surface area contributed by atoms with E-state index in [0.29, 0.717) is 32.9 Å². The molecule has 11 rings (SSSR count). The number of aromatic carboxylic acids is 1. The summed E-state index contributed by atoms with van der Waals surface area (Å²) in [5.41, 5.74) is -4.03. The van der Waals surface area contributed by atoms with E-state index in [2.05, 4.69) is 0 Å². The summed E-state index contributed by atoms with van der Waals surface area (Å²) in [5, 5.41) is 10.1. The number of rotatable bonds is 7. The summed E-state index contributed by atoms with van der Waals surface area (Å²) < 4.78 is 47.1. The normalized spacial score (nSPS) is 15.5. The molecule has 5 aliphatic rings. The number of benzene rings is 6. The van der Waals surface area contributed by atoms with E-state index >= 15 is 0 Å². The smallest absolute Gasteiger partial charge is 0.363 e. The molecule has 1 saturated heterocycles. The molecule has 1 fully saturated rings. The van der Waals surface area contributed by atoms with Crippen LogP contribution in [0.5, 0.6) is 46.0 Å².